The van der Waals surface area contributed by atoms with E-state index >= 15 is 0 Å². The molecule has 3 N–H and O–H groups in total. The van der Waals surface area contributed by atoms with Gasteiger partial charge >= 0.3 is 5.97 Å². The largest absolute Gasteiger partial charge is 0.480 e. The van der Waals surface area contributed by atoms with Crippen LogP contribution in [0.4, 0.5) is 5.69 Å². The number of nitro benzene ring substituents is 1. The summed E-state index contributed by atoms with van der Waals surface area (Å²) in [6.07, 6.45) is 0. The zero-order valence-electron chi connectivity index (χ0n) is 8.66. The van der Waals surface area contributed by atoms with Gasteiger partial charge in [-0.3, -0.25) is 14.9 Å². The van der Waals surface area contributed by atoms with Crippen molar-refractivity contribution in [1.82, 2.24) is 0 Å². The van der Waals surface area contributed by atoms with E-state index in [-0.39, 0.29) is 5.69 Å². The Kier molecular flexibility index (Phi) is 3.57. The van der Waals surface area contributed by atoms with Gasteiger partial charge in [0, 0.05) is 17.5 Å². The predicted molar refractivity (Wildman–Crippen MR) is 57.1 cm³/mol. The molecular weight excluding hydrogens is 212 g/mol. The smallest absolute Gasteiger partial charge is 0.321 e. The van der Waals surface area contributed by atoms with E-state index in [4.69, 9.17) is 10.8 Å². The van der Waals surface area contributed by atoms with Crippen LogP contribution in [-0.2, 0) is 4.79 Å². The second-order valence-corrected chi connectivity index (χ2v) is 3.47. The molecule has 86 valence electrons. The first kappa shape index (κ1) is 12.1. The lowest BCUT2D eigenvalue weighted by Crippen LogP contribution is -2.35. The molecule has 2 atom stereocenters. The third-order valence-corrected chi connectivity index (χ3v) is 2.45. The summed E-state index contributed by atoms with van der Waals surface area (Å²) >= 11 is 0. The zero-order valence-corrected chi connectivity index (χ0v) is 8.66. The summed E-state index contributed by atoms with van der Waals surface area (Å²) in [6, 6.07) is 4.85. The van der Waals surface area contributed by atoms with Crippen LogP contribution in [0, 0.1) is 10.1 Å². The molecule has 0 aliphatic rings. The standard InChI is InChI=1S/C10H12N2O4/c1-6(9(11)10(13)14)7-4-2-3-5-8(7)12(15)16/h2-6,9H,11H2,1H3,(H,13,14)/t6-,9-/m0/s1. The fraction of sp³-hybridized carbons (Fsp3) is 0.300. The normalized spacial score (nSPS) is 14.1. The number of aliphatic carboxylic acids is 1. The van der Waals surface area contributed by atoms with Crippen LogP contribution in [-0.4, -0.2) is 22.0 Å². The summed E-state index contributed by atoms with van der Waals surface area (Å²) in [6.45, 7) is 1.56. The van der Waals surface area contributed by atoms with E-state index in [9.17, 15) is 14.9 Å². The first-order valence-electron chi connectivity index (χ1n) is 4.67. The van der Waals surface area contributed by atoms with Gasteiger partial charge in [0.15, 0.2) is 0 Å². The van der Waals surface area contributed by atoms with Crippen molar-refractivity contribution in [2.75, 3.05) is 0 Å². The molecule has 0 saturated carbocycles. The van der Waals surface area contributed by atoms with Gasteiger partial charge in [0.05, 0.1) is 4.92 Å². The molecular formula is C10H12N2O4. The molecule has 0 unspecified atom stereocenters. The molecule has 0 aliphatic heterocycles. The summed E-state index contributed by atoms with van der Waals surface area (Å²) in [5, 5.41) is 19.5. The highest BCUT2D eigenvalue weighted by Gasteiger charge is 2.27. The lowest BCUT2D eigenvalue weighted by Gasteiger charge is -2.15. The summed E-state index contributed by atoms with van der Waals surface area (Å²) < 4.78 is 0. The van der Waals surface area contributed by atoms with Gasteiger partial charge in [-0.1, -0.05) is 25.1 Å². The van der Waals surface area contributed by atoms with Crippen LogP contribution < -0.4 is 5.73 Å². The Morgan fingerprint density at radius 1 is 1.50 bits per heavy atom. The van der Waals surface area contributed by atoms with Crippen molar-refractivity contribution in [2.24, 2.45) is 5.73 Å². The van der Waals surface area contributed by atoms with Gasteiger partial charge in [0.25, 0.3) is 5.69 Å². The Balaban J connectivity index is 3.12. The van der Waals surface area contributed by atoms with Gasteiger partial charge < -0.3 is 10.8 Å². The Morgan fingerprint density at radius 2 is 2.06 bits per heavy atom. The Hall–Kier alpha value is -1.95. The monoisotopic (exact) mass is 224 g/mol. The van der Waals surface area contributed by atoms with E-state index < -0.39 is 22.9 Å². The second kappa shape index (κ2) is 4.71. The Morgan fingerprint density at radius 3 is 2.56 bits per heavy atom. The molecule has 0 aliphatic carbocycles. The van der Waals surface area contributed by atoms with Crippen molar-refractivity contribution in [1.29, 1.82) is 0 Å². The van der Waals surface area contributed by atoms with Crippen LogP contribution in [0.3, 0.4) is 0 Å². The number of carbonyl (C=O) groups is 1. The minimum absolute atomic E-state index is 0.105. The second-order valence-electron chi connectivity index (χ2n) is 3.47. The van der Waals surface area contributed by atoms with Crippen molar-refractivity contribution in [3.8, 4) is 0 Å². The molecule has 0 bridgehead atoms. The van der Waals surface area contributed by atoms with Crippen molar-refractivity contribution in [3.63, 3.8) is 0 Å². The van der Waals surface area contributed by atoms with Crippen LogP contribution in [0.1, 0.15) is 18.4 Å². The first-order valence-corrected chi connectivity index (χ1v) is 4.67. The maximum atomic E-state index is 10.7. The van der Waals surface area contributed by atoms with Crippen molar-refractivity contribution in [2.45, 2.75) is 18.9 Å². The van der Waals surface area contributed by atoms with E-state index in [0.717, 1.165) is 0 Å². The van der Waals surface area contributed by atoms with Gasteiger partial charge in [-0.05, 0) is 0 Å². The van der Waals surface area contributed by atoms with Crippen LogP contribution in [0.15, 0.2) is 24.3 Å². The van der Waals surface area contributed by atoms with Gasteiger partial charge in [0.1, 0.15) is 6.04 Å². The number of hydrogen-bond acceptors (Lipinski definition) is 4. The Bertz CT molecular complexity index is 419. The molecule has 0 fully saturated rings. The quantitative estimate of drug-likeness (QED) is 0.588. The van der Waals surface area contributed by atoms with Crippen LogP contribution >= 0.6 is 0 Å². The van der Waals surface area contributed by atoms with E-state index in [0.29, 0.717) is 5.56 Å². The van der Waals surface area contributed by atoms with E-state index in [1.165, 1.54) is 18.2 Å². The number of nitrogens with zero attached hydrogens (tertiary/aromatic N) is 1. The average molecular weight is 224 g/mol. The van der Waals surface area contributed by atoms with Gasteiger partial charge in [-0.2, -0.15) is 0 Å². The highest BCUT2D eigenvalue weighted by Crippen LogP contribution is 2.27. The van der Waals surface area contributed by atoms with E-state index in [1.807, 2.05) is 0 Å². The molecule has 0 spiro atoms. The summed E-state index contributed by atoms with van der Waals surface area (Å²) in [7, 11) is 0. The number of rotatable bonds is 4. The topological polar surface area (TPSA) is 106 Å². The third kappa shape index (κ3) is 2.34. The van der Waals surface area contributed by atoms with Gasteiger partial charge in [0.2, 0.25) is 0 Å². The highest BCUT2D eigenvalue weighted by molar-refractivity contribution is 5.75. The molecule has 0 amide bonds. The number of hydrogen-bond donors (Lipinski definition) is 2. The van der Waals surface area contributed by atoms with E-state index in [1.54, 1.807) is 13.0 Å². The molecule has 0 saturated heterocycles. The average Bonchev–Trinajstić information content (AvgIpc) is 2.26. The summed E-state index contributed by atoms with van der Waals surface area (Å²) in [5.74, 6) is -1.79. The molecule has 6 nitrogen and oxygen atoms in total. The minimum Gasteiger partial charge on any atom is -0.480 e. The maximum Gasteiger partial charge on any atom is 0.321 e. The highest BCUT2D eigenvalue weighted by atomic mass is 16.6. The van der Waals surface area contributed by atoms with Gasteiger partial charge in [-0.25, -0.2) is 0 Å². The van der Waals surface area contributed by atoms with Crippen molar-refractivity contribution >= 4 is 11.7 Å². The number of benzene rings is 1. The molecule has 0 aromatic heterocycles. The number of para-hydroxylation sites is 1. The lowest BCUT2D eigenvalue weighted by atomic mass is 9.92. The fourth-order valence-corrected chi connectivity index (χ4v) is 1.45. The van der Waals surface area contributed by atoms with Crippen LogP contribution in [0.5, 0.6) is 0 Å². The maximum absolute atomic E-state index is 10.7. The van der Waals surface area contributed by atoms with Crippen LogP contribution in [0.25, 0.3) is 0 Å². The molecule has 1 rings (SSSR count). The first-order chi connectivity index (χ1) is 7.45. The molecule has 6 heteroatoms. The third-order valence-electron chi connectivity index (χ3n) is 2.45. The van der Waals surface area contributed by atoms with E-state index in [2.05, 4.69) is 0 Å². The predicted octanol–water partition coefficient (Wildman–Crippen LogP) is 1.11. The number of nitro groups is 1. The van der Waals surface area contributed by atoms with Crippen molar-refractivity contribution in [3.05, 3.63) is 39.9 Å². The SMILES string of the molecule is C[C@@H](c1ccccc1[N+](=O)[O-])[C@H](N)C(=O)O. The molecule has 0 radical (unpaired) electrons. The fourth-order valence-electron chi connectivity index (χ4n) is 1.45. The number of carboxylic acid groups (broad SMARTS) is 1. The van der Waals surface area contributed by atoms with Crippen LogP contribution in [0.2, 0.25) is 0 Å². The number of nitrogens with two attached hydrogens (primary N) is 1. The van der Waals surface area contributed by atoms with Crippen molar-refractivity contribution < 1.29 is 14.8 Å². The summed E-state index contributed by atoms with van der Waals surface area (Å²) in [4.78, 5) is 20.9. The number of carboxylic acids is 1. The molecule has 1 aromatic rings. The lowest BCUT2D eigenvalue weighted by molar-refractivity contribution is -0.385. The summed E-state index contributed by atoms with van der Waals surface area (Å²) in [5.41, 5.74) is 5.67. The molecule has 16 heavy (non-hydrogen) atoms. The Labute approximate surface area is 91.8 Å². The zero-order chi connectivity index (χ0) is 12.3. The molecule has 1 aromatic carbocycles. The molecule has 0 heterocycles. The minimum atomic E-state index is -1.18. The van der Waals surface area contributed by atoms with Gasteiger partial charge in [-0.15, -0.1) is 0 Å².